The highest BCUT2D eigenvalue weighted by Crippen LogP contribution is 2.52. The number of ether oxygens (including phenoxy) is 1. The van der Waals surface area contributed by atoms with E-state index in [0.717, 1.165) is 21.0 Å². The van der Waals surface area contributed by atoms with Crippen LogP contribution < -0.4 is 31.3 Å². The molecule has 1 heterocycles. The molecule has 6 amide bonds. The second-order valence-electron chi connectivity index (χ2n) is 20.0. The van der Waals surface area contributed by atoms with Crippen molar-refractivity contribution in [2.24, 2.45) is 0 Å². The number of aliphatic carboxylic acids is 1. The van der Waals surface area contributed by atoms with Crippen LogP contribution in [-0.4, -0.2) is 107 Å². The molecule has 6 rings (SSSR count). The molecule has 0 aliphatic heterocycles. The molecular weight excluding hydrogens is 1010 g/mol. The van der Waals surface area contributed by atoms with Crippen molar-refractivity contribution in [1.82, 2.24) is 31.5 Å². The minimum atomic E-state index is -4.34. The fourth-order valence-electron chi connectivity index (χ4n) is 9.07. The lowest BCUT2D eigenvalue weighted by molar-refractivity contribution is -0.140. The summed E-state index contributed by atoms with van der Waals surface area (Å²) in [6, 6.07) is 22.1. The molecule has 1 unspecified atom stereocenters. The highest BCUT2D eigenvalue weighted by atomic mass is 32.2. The van der Waals surface area contributed by atoms with Gasteiger partial charge in [0, 0.05) is 35.5 Å². The third-order valence-corrected chi connectivity index (χ3v) is 14.5. The molecular formula is C56H68N6O12S2. The Bertz CT molecular complexity index is 3090. The molecule has 18 nitrogen and oxygen atoms in total. The standard InChI is InChI=1S/C56H68N6O12S2/c1-7-10-29-62(32-47(63)57-44(30-38-33-75-46-21-14-13-18-39(38)46)50(66)58-42(20-15-22-48(64)65)51(67)60-55(4,5)6)53(69)43(16-8-2)59-54(70)56(31-41(56)37-25-23-35(24-26-37)34-76(71,72)73)61-52(68)49-40-19-12-11-17-36(40)27-28-45(49)74-9-3/h11-14,17-21,23-28,33,41,43-44H,7-10,15-16,22,29-32,34H2,1-6H3,(H,57,63)(H,58,66)(H,59,70)(H,60,67)(H,61,68)(H,64,65)(H,71,72,73)/b42-20+/t41?,43-,44-,56+/m0/s1. The number of benzene rings is 4. The molecule has 0 bridgehead atoms. The van der Waals surface area contributed by atoms with Crippen LogP contribution in [0.25, 0.3) is 20.9 Å². The van der Waals surface area contributed by atoms with Gasteiger partial charge in [-0.15, -0.1) is 11.3 Å². The molecule has 0 spiro atoms. The van der Waals surface area contributed by atoms with Crippen molar-refractivity contribution >= 4 is 83.7 Å². The van der Waals surface area contributed by atoms with E-state index in [1.54, 1.807) is 58.0 Å². The number of fused-ring (bicyclic) bond motifs is 2. The van der Waals surface area contributed by atoms with Gasteiger partial charge < -0.3 is 41.3 Å². The van der Waals surface area contributed by atoms with Crippen molar-refractivity contribution in [2.75, 3.05) is 19.7 Å². The van der Waals surface area contributed by atoms with E-state index in [9.17, 15) is 46.8 Å². The van der Waals surface area contributed by atoms with Crippen LogP contribution in [0.5, 0.6) is 5.75 Å². The van der Waals surface area contributed by atoms with E-state index in [4.69, 9.17) is 4.74 Å². The van der Waals surface area contributed by atoms with Gasteiger partial charge in [0.1, 0.15) is 34.8 Å². The number of amides is 6. The molecule has 1 aliphatic rings. The molecule has 1 aromatic heterocycles. The minimum absolute atomic E-state index is 0.00856. The molecule has 1 fully saturated rings. The van der Waals surface area contributed by atoms with Crippen LogP contribution in [0.4, 0.5) is 0 Å². The van der Waals surface area contributed by atoms with E-state index in [-0.39, 0.29) is 56.5 Å². The number of allylic oxidation sites excluding steroid dienone is 1. The number of hydrogen-bond acceptors (Lipinski definition) is 11. The zero-order valence-corrected chi connectivity index (χ0v) is 45.3. The number of rotatable bonds is 26. The summed E-state index contributed by atoms with van der Waals surface area (Å²) in [6.45, 7) is 10.6. The van der Waals surface area contributed by atoms with Crippen molar-refractivity contribution in [3.05, 3.63) is 124 Å². The third-order valence-electron chi connectivity index (χ3n) is 12.8. The Hall–Kier alpha value is -7.16. The average molecular weight is 1080 g/mol. The number of unbranched alkanes of at least 4 members (excludes halogenated alkanes) is 1. The van der Waals surface area contributed by atoms with Crippen LogP contribution in [0.1, 0.15) is 119 Å². The Labute approximate surface area is 447 Å². The number of carbonyl (C=O) groups excluding carboxylic acids is 6. The van der Waals surface area contributed by atoms with Gasteiger partial charge in [0.05, 0.1) is 18.7 Å². The normalized spacial score (nSPS) is 16.2. The molecule has 0 radical (unpaired) electrons. The zero-order valence-electron chi connectivity index (χ0n) is 43.7. The van der Waals surface area contributed by atoms with Crippen LogP contribution in [0.3, 0.4) is 0 Å². The lowest BCUT2D eigenvalue weighted by Crippen LogP contribution is -2.58. The quantitative estimate of drug-likeness (QED) is 0.0220. The minimum Gasteiger partial charge on any atom is -0.493 e. The monoisotopic (exact) mass is 1080 g/mol. The maximum absolute atomic E-state index is 15.0. The second kappa shape index (κ2) is 25.6. The van der Waals surface area contributed by atoms with Gasteiger partial charge in [0.15, 0.2) is 0 Å². The molecule has 1 saturated carbocycles. The molecule has 0 saturated heterocycles. The van der Waals surface area contributed by atoms with Crippen LogP contribution in [0, 0.1) is 0 Å². The van der Waals surface area contributed by atoms with Crippen molar-refractivity contribution in [2.45, 2.75) is 128 Å². The number of hydrogen-bond donors (Lipinski definition) is 7. The van der Waals surface area contributed by atoms with Crippen molar-refractivity contribution < 1.29 is 56.4 Å². The van der Waals surface area contributed by atoms with Gasteiger partial charge in [0.25, 0.3) is 21.9 Å². The van der Waals surface area contributed by atoms with Crippen LogP contribution >= 0.6 is 11.3 Å². The van der Waals surface area contributed by atoms with Gasteiger partial charge in [-0.05, 0) is 104 Å². The summed E-state index contributed by atoms with van der Waals surface area (Å²) in [7, 11) is -4.34. The van der Waals surface area contributed by atoms with Gasteiger partial charge in [-0.1, -0.05) is 106 Å². The Morgan fingerprint density at radius 2 is 1.58 bits per heavy atom. The molecule has 406 valence electrons. The van der Waals surface area contributed by atoms with Crippen molar-refractivity contribution in [3.63, 3.8) is 0 Å². The first-order valence-corrected chi connectivity index (χ1v) is 28.0. The first kappa shape index (κ1) is 58.1. The zero-order chi connectivity index (χ0) is 55.4. The maximum atomic E-state index is 15.0. The molecule has 20 heteroatoms. The smallest absolute Gasteiger partial charge is 0.303 e. The molecule has 4 atom stereocenters. The number of carboxylic acid groups (broad SMARTS) is 1. The maximum Gasteiger partial charge on any atom is 0.303 e. The number of carbonyl (C=O) groups is 7. The topological polar surface area (TPSA) is 267 Å². The summed E-state index contributed by atoms with van der Waals surface area (Å²) in [6.07, 6.45) is 2.73. The summed E-state index contributed by atoms with van der Waals surface area (Å²) >= 11 is 1.45. The lowest BCUT2D eigenvalue weighted by Gasteiger charge is -2.30. The summed E-state index contributed by atoms with van der Waals surface area (Å²) in [5.74, 6) is -6.04. The summed E-state index contributed by atoms with van der Waals surface area (Å²) in [5, 5.41) is 27.6. The second-order valence-corrected chi connectivity index (χ2v) is 22.4. The summed E-state index contributed by atoms with van der Waals surface area (Å²) in [4.78, 5) is 99.4. The largest absolute Gasteiger partial charge is 0.493 e. The predicted octanol–water partition coefficient (Wildman–Crippen LogP) is 6.92. The highest BCUT2D eigenvalue weighted by Gasteiger charge is 2.62. The van der Waals surface area contributed by atoms with Gasteiger partial charge in [-0.2, -0.15) is 8.42 Å². The number of nitrogens with zero attached hydrogens (tertiary/aromatic N) is 1. The van der Waals surface area contributed by atoms with E-state index in [1.165, 1.54) is 34.4 Å². The van der Waals surface area contributed by atoms with E-state index in [1.807, 2.05) is 61.7 Å². The van der Waals surface area contributed by atoms with Gasteiger partial charge in [-0.3, -0.25) is 38.1 Å². The number of thiophene rings is 1. The fourth-order valence-corrected chi connectivity index (χ4v) is 10.7. The fraction of sp³-hybridized carbons (Fsp3) is 0.411. The Balaban J connectivity index is 1.29. The van der Waals surface area contributed by atoms with E-state index < -0.39 is 92.9 Å². The van der Waals surface area contributed by atoms with Crippen LogP contribution in [0.15, 0.2) is 102 Å². The van der Waals surface area contributed by atoms with Crippen molar-refractivity contribution in [1.29, 1.82) is 0 Å². The van der Waals surface area contributed by atoms with E-state index in [0.29, 0.717) is 41.5 Å². The van der Waals surface area contributed by atoms with Gasteiger partial charge >= 0.3 is 5.97 Å². The summed E-state index contributed by atoms with van der Waals surface area (Å²) in [5.41, 5.74) is -0.690. The molecule has 1 aliphatic carbocycles. The first-order valence-electron chi connectivity index (χ1n) is 25.5. The Morgan fingerprint density at radius 3 is 2.24 bits per heavy atom. The van der Waals surface area contributed by atoms with Crippen molar-refractivity contribution in [3.8, 4) is 5.75 Å². The molecule has 7 N–H and O–H groups in total. The highest BCUT2D eigenvalue weighted by molar-refractivity contribution is 7.85. The van der Waals surface area contributed by atoms with Gasteiger partial charge in [-0.25, -0.2) is 0 Å². The molecule has 4 aromatic carbocycles. The Kier molecular flexibility index (Phi) is 19.6. The number of nitrogens with one attached hydrogen (secondary N) is 5. The number of carboxylic acids is 1. The predicted molar refractivity (Wildman–Crippen MR) is 291 cm³/mol. The Morgan fingerprint density at radius 1 is 0.882 bits per heavy atom. The van der Waals surface area contributed by atoms with Gasteiger partial charge in [0.2, 0.25) is 23.6 Å². The SMILES string of the molecule is CCCCN(CC(=O)N[C@@H](Cc1csc2ccccc12)C(=O)N/C(=C/CCC(=O)O)C(=O)NC(C)(C)C)C(=O)[C@H](CCC)NC(=O)[C@@]1(NC(=O)c2c(OCC)ccc3ccccc23)CC1c1ccc(CS(=O)(=O)O)cc1. The molecule has 76 heavy (non-hydrogen) atoms. The molecule has 5 aromatic rings. The lowest BCUT2D eigenvalue weighted by atomic mass is 10.00. The third kappa shape index (κ3) is 15.5. The van der Waals surface area contributed by atoms with E-state index in [2.05, 4.69) is 26.6 Å². The van der Waals surface area contributed by atoms with E-state index >= 15 is 4.79 Å². The van der Waals surface area contributed by atoms with Crippen LogP contribution in [-0.2, 0) is 51.1 Å². The summed E-state index contributed by atoms with van der Waals surface area (Å²) < 4.78 is 39.7. The van der Waals surface area contributed by atoms with Crippen LogP contribution in [0.2, 0.25) is 0 Å². The first-order chi connectivity index (χ1) is 36.1. The average Bonchev–Trinajstić information content (AvgIpc) is 3.96.